The highest BCUT2D eigenvalue weighted by Crippen LogP contribution is 2.54. The Hall–Kier alpha value is -0.413. The molecular formula is C23H42O2Si. The molecule has 0 aliphatic heterocycles. The zero-order valence-corrected chi connectivity index (χ0v) is 19.4. The number of carbonyl (C=O) groups excluding carboxylic acids is 1. The Bertz CT molecular complexity index is 527. The first-order chi connectivity index (χ1) is 12.1. The van der Waals surface area contributed by atoms with Gasteiger partial charge in [0.05, 0.1) is 5.60 Å². The SMILES string of the molecule is CCC(CC)(CCC[C@@H](C)C1=CC[C@H]2C(=O)CCC[C@]12C)O[Si](C)(C)C. The third kappa shape index (κ3) is 4.70. The van der Waals surface area contributed by atoms with E-state index in [1.807, 2.05) is 0 Å². The fourth-order valence-corrected chi connectivity index (χ4v) is 7.34. The van der Waals surface area contributed by atoms with Crippen LogP contribution >= 0.6 is 0 Å². The van der Waals surface area contributed by atoms with Crippen molar-refractivity contribution in [2.75, 3.05) is 0 Å². The molecule has 0 aromatic carbocycles. The predicted octanol–water partition coefficient (Wildman–Crippen LogP) is 6.91. The van der Waals surface area contributed by atoms with Gasteiger partial charge in [0, 0.05) is 12.3 Å². The molecule has 2 nitrogen and oxygen atoms in total. The van der Waals surface area contributed by atoms with Gasteiger partial charge in [-0.15, -0.1) is 0 Å². The fraction of sp³-hybridized carbons (Fsp3) is 0.870. The molecule has 0 radical (unpaired) electrons. The van der Waals surface area contributed by atoms with Crippen LogP contribution in [0.15, 0.2) is 11.6 Å². The highest BCUT2D eigenvalue weighted by atomic mass is 28.4. The Labute approximate surface area is 163 Å². The second kappa shape index (κ2) is 8.30. The minimum absolute atomic E-state index is 0.0709. The summed E-state index contributed by atoms with van der Waals surface area (Å²) in [6.07, 6.45) is 12.3. The summed E-state index contributed by atoms with van der Waals surface area (Å²) in [6, 6.07) is 0. The average Bonchev–Trinajstić information content (AvgIpc) is 2.91. The molecule has 0 bridgehead atoms. The van der Waals surface area contributed by atoms with Crippen molar-refractivity contribution in [2.24, 2.45) is 17.3 Å². The minimum Gasteiger partial charge on any atom is -0.412 e. The molecule has 150 valence electrons. The standard InChI is InChI=1S/C23H42O2Si/c1-8-23(9-2,25-26(5,6)7)17-10-12-18(3)19-14-15-20-21(24)13-11-16-22(19,20)4/h14,18,20H,8-13,15-17H2,1-7H3/t18-,20+,22-/m1/s1. The average molecular weight is 379 g/mol. The van der Waals surface area contributed by atoms with Crippen LogP contribution < -0.4 is 0 Å². The summed E-state index contributed by atoms with van der Waals surface area (Å²) in [5, 5.41) is 0. The fourth-order valence-electron chi connectivity index (χ4n) is 5.65. The molecule has 1 fully saturated rings. The number of allylic oxidation sites excluding steroid dienone is 2. The second-order valence-electron chi connectivity index (χ2n) is 10.1. The Morgan fingerprint density at radius 2 is 1.96 bits per heavy atom. The highest BCUT2D eigenvalue weighted by molar-refractivity contribution is 6.69. The van der Waals surface area contributed by atoms with Gasteiger partial charge in [-0.05, 0) is 75.9 Å². The smallest absolute Gasteiger partial charge is 0.184 e. The van der Waals surface area contributed by atoms with Crippen LogP contribution in [0.3, 0.4) is 0 Å². The summed E-state index contributed by atoms with van der Waals surface area (Å²) >= 11 is 0. The van der Waals surface area contributed by atoms with Crippen LogP contribution in [0, 0.1) is 17.3 Å². The van der Waals surface area contributed by atoms with Gasteiger partial charge in [-0.1, -0.05) is 45.8 Å². The number of hydrogen-bond donors (Lipinski definition) is 0. The van der Waals surface area contributed by atoms with Gasteiger partial charge >= 0.3 is 0 Å². The van der Waals surface area contributed by atoms with E-state index in [4.69, 9.17) is 4.43 Å². The highest BCUT2D eigenvalue weighted by Gasteiger charge is 2.47. The van der Waals surface area contributed by atoms with E-state index in [2.05, 4.69) is 53.4 Å². The monoisotopic (exact) mass is 378 g/mol. The molecule has 1 saturated carbocycles. The number of fused-ring (bicyclic) bond motifs is 1. The van der Waals surface area contributed by atoms with Crippen LogP contribution in [0.5, 0.6) is 0 Å². The van der Waals surface area contributed by atoms with Crippen molar-refractivity contribution >= 4 is 14.1 Å². The first-order valence-corrected chi connectivity index (χ1v) is 14.4. The molecule has 0 N–H and O–H groups in total. The predicted molar refractivity (Wildman–Crippen MR) is 114 cm³/mol. The maximum absolute atomic E-state index is 12.4. The van der Waals surface area contributed by atoms with Gasteiger partial charge in [-0.25, -0.2) is 0 Å². The van der Waals surface area contributed by atoms with Crippen LogP contribution in [0.4, 0.5) is 0 Å². The van der Waals surface area contributed by atoms with Crippen molar-refractivity contribution in [2.45, 2.75) is 111 Å². The maximum atomic E-state index is 12.4. The third-order valence-corrected chi connectivity index (χ3v) is 8.17. The van der Waals surface area contributed by atoms with Crippen LogP contribution in [0.25, 0.3) is 0 Å². The van der Waals surface area contributed by atoms with Gasteiger partial charge in [0.2, 0.25) is 0 Å². The van der Waals surface area contributed by atoms with Crippen LogP contribution in [-0.2, 0) is 9.22 Å². The van der Waals surface area contributed by atoms with E-state index in [0.717, 1.165) is 32.1 Å². The van der Waals surface area contributed by atoms with Gasteiger partial charge in [0.1, 0.15) is 5.78 Å². The van der Waals surface area contributed by atoms with Gasteiger partial charge in [-0.2, -0.15) is 0 Å². The molecule has 0 unspecified atom stereocenters. The van der Waals surface area contributed by atoms with Crippen molar-refractivity contribution in [3.8, 4) is 0 Å². The molecule has 0 heterocycles. The summed E-state index contributed by atoms with van der Waals surface area (Å²) in [7, 11) is -1.53. The van der Waals surface area contributed by atoms with Gasteiger partial charge in [0.25, 0.3) is 0 Å². The normalized spacial score (nSPS) is 28.0. The summed E-state index contributed by atoms with van der Waals surface area (Å²) in [5.41, 5.74) is 1.80. The lowest BCUT2D eigenvalue weighted by Crippen LogP contribution is -2.42. The zero-order chi connectivity index (χ0) is 19.6. The number of carbonyl (C=O) groups is 1. The number of ketones is 1. The van der Waals surface area contributed by atoms with Gasteiger partial charge in [-0.3, -0.25) is 4.79 Å². The van der Waals surface area contributed by atoms with Crippen LogP contribution in [0.1, 0.15) is 85.5 Å². The van der Waals surface area contributed by atoms with E-state index in [-0.39, 0.29) is 16.9 Å². The van der Waals surface area contributed by atoms with E-state index >= 15 is 0 Å². The van der Waals surface area contributed by atoms with Crippen LogP contribution in [0.2, 0.25) is 19.6 Å². The summed E-state index contributed by atoms with van der Waals surface area (Å²) in [6.45, 7) is 16.2. The van der Waals surface area contributed by atoms with Crippen molar-refractivity contribution in [1.82, 2.24) is 0 Å². The number of rotatable bonds is 9. The third-order valence-electron chi connectivity index (χ3n) is 7.12. The lowest BCUT2D eigenvalue weighted by molar-refractivity contribution is -0.128. The molecule has 0 aromatic rings. The molecule has 3 heteroatoms. The molecule has 3 atom stereocenters. The van der Waals surface area contributed by atoms with Crippen LogP contribution in [-0.4, -0.2) is 19.7 Å². The summed E-state index contributed by atoms with van der Waals surface area (Å²) < 4.78 is 6.63. The van der Waals surface area contributed by atoms with E-state index in [1.54, 1.807) is 5.57 Å². The first kappa shape index (κ1) is 21.9. The van der Waals surface area contributed by atoms with Crippen molar-refractivity contribution in [3.63, 3.8) is 0 Å². The Morgan fingerprint density at radius 1 is 1.31 bits per heavy atom. The van der Waals surface area contributed by atoms with Gasteiger partial charge < -0.3 is 4.43 Å². The van der Waals surface area contributed by atoms with Crippen molar-refractivity contribution in [3.05, 3.63) is 11.6 Å². The Morgan fingerprint density at radius 3 is 2.54 bits per heavy atom. The van der Waals surface area contributed by atoms with E-state index < -0.39 is 8.32 Å². The second-order valence-corrected chi connectivity index (χ2v) is 14.5. The first-order valence-electron chi connectivity index (χ1n) is 11.0. The van der Waals surface area contributed by atoms with E-state index in [9.17, 15) is 4.79 Å². The molecule has 0 spiro atoms. The molecule has 2 aliphatic carbocycles. The number of Topliss-reactive ketones (excluding diaryl/α,β-unsaturated/α-hetero) is 1. The minimum atomic E-state index is -1.53. The summed E-state index contributed by atoms with van der Waals surface area (Å²) in [5.74, 6) is 1.38. The molecule has 2 aliphatic rings. The summed E-state index contributed by atoms with van der Waals surface area (Å²) in [4.78, 5) is 12.4. The largest absolute Gasteiger partial charge is 0.412 e. The molecule has 0 amide bonds. The molecule has 2 rings (SSSR count). The molecule has 26 heavy (non-hydrogen) atoms. The van der Waals surface area contributed by atoms with Gasteiger partial charge in [0.15, 0.2) is 8.32 Å². The molecular weight excluding hydrogens is 336 g/mol. The topological polar surface area (TPSA) is 26.3 Å². The van der Waals surface area contributed by atoms with E-state index in [0.29, 0.717) is 11.7 Å². The maximum Gasteiger partial charge on any atom is 0.184 e. The van der Waals surface area contributed by atoms with E-state index in [1.165, 1.54) is 25.7 Å². The van der Waals surface area contributed by atoms with Crippen molar-refractivity contribution < 1.29 is 9.22 Å². The molecule has 0 saturated heterocycles. The Kier molecular flexibility index (Phi) is 6.99. The zero-order valence-electron chi connectivity index (χ0n) is 18.4. The lowest BCUT2D eigenvalue weighted by atomic mass is 9.63. The lowest BCUT2D eigenvalue weighted by Gasteiger charge is -2.41. The number of hydrogen-bond acceptors (Lipinski definition) is 2. The Balaban J connectivity index is 1.96. The van der Waals surface area contributed by atoms with Crippen molar-refractivity contribution in [1.29, 1.82) is 0 Å². The quantitative estimate of drug-likeness (QED) is 0.322. The molecule has 0 aromatic heterocycles.